The minimum Gasteiger partial charge on any atom is -0.384 e. The van der Waals surface area contributed by atoms with Crippen LogP contribution in [0.5, 0.6) is 0 Å². The van der Waals surface area contributed by atoms with Gasteiger partial charge in [-0.05, 0) is 25.3 Å². The lowest BCUT2D eigenvalue weighted by molar-refractivity contribution is 0.00213. The number of carbonyl (C=O) groups excluding carboxylic acids is 1. The number of hydrogen-bond donors (Lipinski definition) is 1. The maximum Gasteiger partial charge on any atom is 0.254 e. The SMILES string of the molecule is CCCOC1CCCN(C(=O)c2csc(C#CCO)c2)C1. The molecule has 2 heterocycles. The molecule has 5 heteroatoms. The fraction of sp³-hybridized carbons (Fsp3) is 0.562. The first-order valence-electron chi connectivity index (χ1n) is 7.33. The number of amides is 1. The number of carbonyl (C=O) groups is 1. The monoisotopic (exact) mass is 307 g/mol. The lowest BCUT2D eigenvalue weighted by Gasteiger charge is -2.32. The van der Waals surface area contributed by atoms with Crippen molar-refractivity contribution < 1.29 is 14.6 Å². The summed E-state index contributed by atoms with van der Waals surface area (Å²) in [6, 6.07) is 1.80. The Kier molecular flexibility index (Phi) is 6.24. The number of nitrogens with zero attached hydrogens (tertiary/aromatic N) is 1. The first-order valence-corrected chi connectivity index (χ1v) is 8.21. The average Bonchev–Trinajstić information content (AvgIpc) is 2.99. The van der Waals surface area contributed by atoms with Crippen LogP contribution in [0.25, 0.3) is 0 Å². The van der Waals surface area contributed by atoms with Gasteiger partial charge in [-0.2, -0.15) is 0 Å². The van der Waals surface area contributed by atoms with Gasteiger partial charge in [0.2, 0.25) is 0 Å². The van der Waals surface area contributed by atoms with Crippen molar-refractivity contribution in [2.75, 3.05) is 26.3 Å². The summed E-state index contributed by atoms with van der Waals surface area (Å²) in [6.45, 7) is 4.15. The van der Waals surface area contributed by atoms with Crippen LogP contribution in [-0.2, 0) is 4.74 Å². The Morgan fingerprint density at radius 3 is 3.24 bits per heavy atom. The molecule has 1 atom stereocenters. The van der Waals surface area contributed by atoms with Crippen LogP contribution < -0.4 is 0 Å². The Bertz CT molecular complexity index is 529. The maximum absolute atomic E-state index is 12.5. The molecule has 4 nitrogen and oxygen atoms in total. The molecule has 0 aliphatic carbocycles. The predicted octanol–water partition coefficient (Wildman–Crippen LogP) is 2.12. The van der Waals surface area contributed by atoms with E-state index < -0.39 is 0 Å². The van der Waals surface area contributed by atoms with Gasteiger partial charge >= 0.3 is 0 Å². The molecule has 1 aliphatic heterocycles. The minimum absolute atomic E-state index is 0.0492. The molecule has 0 radical (unpaired) electrons. The van der Waals surface area contributed by atoms with E-state index in [-0.39, 0.29) is 18.6 Å². The normalized spacial score (nSPS) is 18.2. The molecule has 0 aromatic carbocycles. The highest BCUT2D eigenvalue weighted by atomic mass is 32.1. The molecule has 1 unspecified atom stereocenters. The molecule has 1 fully saturated rings. The standard InChI is InChI=1S/C16H21NO3S/c1-2-9-20-14-5-3-7-17(11-14)16(19)13-10-15(21-12-13)6-4-8-18/h10,12,14,18H,2-3,5,7-9,11H2,1H3. The molecule has 1 aromatic heterocycles. The Morgan fingerprint density at radius 1 is 1.62 bits per heavy atom. The van der Waals surface area contributed by atoms with Gasteiger partial charge in [0.05, 0.1) is 16.5 Å². The fourth-order valence-electron chi connectivity index (χ4n) is 2.37. The van der Waals surface area contributed by atoms with E-state index >= 15 is 0 Å². The van der Waals surface area contributed by atoms with E-state index in [2.05, 4.69) is 18.8 Å². The zero-order valence-electron chi connectivity index (χ0n) is 12.3. The molecule has 1 aliphatic rings. The first-order chi connectivity index (χ1) is 10.2. The van der Waals surface area contributed by atoms with E-state index in [0.717, 1.165) is 37.3 Å². The number of thiophene rings is 1. The largest absolute Gasteiger partial charge is 0.384 e. The van der Waals surface area contributed by atoms with Crippen molar-refractivity contribution in [1.82, 2.24) is 4.90 Å². The van der Waals surface area contributed by atoms with Crippen LogP contribution in [0.15, 0.2) is 11.4 Å². The van der Waals surface area contributed by atoms with Crippen LogP contribution in [0.4, 0.5) is 0 Å². The Labute approximate surface area is 129 Å². The lowest BCUT2D eigenvalue weighted by atomic mass is 10.1. The van der Waals surface area contributed by atoms with E-state index in [1.807, 2.05) is 10.3 Å². The topological polar surface area (TPSA) is 49.8 Å². The number of piperidine rings is 1. The highest BCUT2D eigenvalue weighted by molar-refractivity contribution is 7.10. The van der Waals surface area contributed by atoms with Crippen molar-refractivity contribution in [2.24, 2.45) is 0 Å². The van der Waals surface area contributed by atoms with Crippen molar-refractivity contribution in [3.05, 3.63) is 21.9 Å². The molecule has 1 aromatic rings. The van der Waals surface area contributed by atoms with Gasteiger partial charge in [-0.25, -0.2) is 0 Å². The highest BCUT2D eigenvalue weighted by Crippen LogP contribution is 2.19. The first kappa shape index (κ1) is 16.0. The second-order valence-corrected chi connectivity index (χ2v) is 5.96. The number of likely N-dealkylation sites (tertiary alicyclic amines) is 1. The second kappa shape index (κ2) is 8.18. The van der Waals surface area contributed by atoms with E-state index in [4.69, 9.17) is 9.84 Å². The molecule has 1 saturated heterocycles. The molecule has 2 rings (SSSR count). The third-order valence-corrected chi connectivity index (χ3v) is 4.21. The summed E-state index contributed by atoms with van der Waals surface area (Å²) in [6.07, 6.45) is 3.18. The highest BCUT2D eigenvalue weighted by Gasteiger charge is 2.25. The maximum atomic E-state index is 12.5. The molecular formula is C16H21NO3S. The van der Waals surface area contributed by atoms with Crippen LogP contribution in [0.3, 0.4) is 0 Å². The number of aliphatic hydroxyl groups excluding tert-OH is 1. The van der Waals surface area contributed by atoms with Gasteiger partial charge in [-0.1, -0.05) is 18.8 Å². The van der Waals surface area contributed by atoms with Crippen LogP contribution in [0.1, 0.15) is 41.4 Å². The van der Waals surface area contributed by atoms with Gasteiger partial charge in [-0.15, -0.1) is 11.3 Å². The van der Waals surface area contributed by atoms with E-state index in [1.165, 1.54) is 11.3 Å². The Balaban J connectivity index is 1.97. The number of ether oxygens (including phenoxy) is 1. The van der Waals surface area contributed by atoms with Crippen molar-refractivity contribution >= 4 is 17.2 Å². The third-order valence-electron chi connectivity index (χ3n) is 3.36. The molecular weight excluding hydrogens is 286 g/mol. The molecule has 114 valence electrons. The van der Waals surface area contributed by atoms with Gasteiger partial charge in [-0.3, -0.25) is 4.79 Å². The second-order valence-electron chi connectivity index (χ2n) is 5.05. The van der Waals surface area contributed by atoms with Crippen molar-refractivity contribution in [3.8, 4) is 11.8 Å². The molecule has 0 spiro atoms. The average molecular weight is 307 g/mol. The zero-order chi connectivity index (χ0) is 15.1. The molecule has 0 saturated carbocycles. The lowest BCUT2D eigenvalue weighted by Crippen LogP contribution is -2.43. The summed E-state index contributed by atoms with van der Waals surface area (Å²) in [5.41, 5.74) is 0.679. The van der Waals surface area contributed by atoms with Crippen LogP contribution in [0, 0.1) is 11.8 Å². The van der Waals surface area contributed by atoms with Crippen LogP contribution in [-0.4, -0.2) is 48.3 Å². The van der Waals surface area contributed by atoms with E-state index in [0.29, 0.717) is 12.1 Å². The van der Waals surface area contributed by atoms with Crippen molar-refractivity contribution in [1.29, 1.82) is 0 Å². The predicted molar refractivity (Wildman–Crippen MR) is 83.5 cm³/mol. The van der Waals surface area contributed by atoms with Crippen molar-refractivity contribution in [3.63, 3.8) is 0 Å². The summed E-state index contributed by atoms with van der Waals surface area (Å²) >= 11 is 1.43. The van der Waals surface area contributed by atoms with Gasteiger partial charge in [0.15, 0.2) is 0 Å². The van der Waals surface area contributed by atoms with Crippen molar-refractivity contribution in [2.45, 2.75) is 32.3 Å². The van der Waals surface area contributed by atoms with Crippen LogP contribution >= 0.6 is 11.3 Å². The van der Waals surface area contributed by atoms with Gasteiger partial charge in [0, 0.05) is 25.1 Å². The summed E-state index contributed by atoms with van der Waals surface area (Å²) < 4.78 is 5.77. The molecule has 1 amide bonds. The Morgan fingerprint density at radius 2 is 2.48 bits per heavy atom. The van der Waals surface area contributed by atoms with E-state index in [1.54, 1.807) is 6.07 Å². The quantitative estimate of drug-likeness (QED) is 0.867. The summed E-state index contributed by atoms with van der Waals surface area (Å²) in [4.78, 5) is 15.2. The smallest absolute Gasteiger partial charge is 0.254 e. The third kappa shape index (κ3) is 4.57. The van der Waals surface area contributed by atoms with Crippen LogP contribution in [0.2, 0.25) is 0 Å². The number of aliphatic hydroxyl groups is 1. The van der Waals surface area contributed by atoms with E-state index in [9.17, 15) is 4.79 Å². The molecule has 1 N–H and O–H groups in total. The summed E-state index contributed by atoms with van der Waals surface area (Å²) in [5.74, 6) is 5.48. The molecule has 0 bridgehead atoms. The number of rotatable bonds is 4. The summed E-state index contributed by atoms with van der Waals surface area (Å²) in [7, 11) is 0. The fourth-order valence-corrected chi connectivity index (χ4v) is 3.12. The van der Waals surface area contributed by atoms with Gasteiger partial charge in [0.1, 0.15) is 6.61 Å². The number of hydrogen-bond acceptors (Lipinski definition) is 4. The zero-order valence-corrected chi connectivity index (χ0v) is 13.1. The summed E-state index contributed by atoms with van der Waals surface area (Å²) in [5, 5.41) is 10.5. The van der Waals surface area contributed by atoms with Gasteiger partial charge < -0.3 is 14.7 Å². The molecule has 21 heavy (non-hydrogen) atoms. The minimum atomic E-state index is -0.163. The Hall–Kier alpha value is -1.35. The van der Waals surface area contributed by atoms with Gasteiger partial charge in [0.25, 0.3) is 5.91 Å².